The molecule has 0 saturated carbocycles. The summed E-state index contributed by atoms with van der Waals surface area (Å²) in [4.78, 5) is 23.4. The third-order valence-corrected chi connectivity index (χ3v) is 7.22. The van der Waals surface area contributed by atoms with Crippen LogP contribution in [-0.4, -0.2) is 62.3 Å². The number of esters is 1. The van der Waals surface area contributed by atoms with E-state index in [1.165, 1.54) is 0 Å². The standard InChI is InChI=1S/C42H46O8/c1-6-46-39(41(43)44)29-35-17-21-37(22-18-35)49-27-25-31(4)9-11-33-13-15-34(16-14-33)12-10-32(5)26-28-50-38-23-19-36(20-24-38)30-40(47-7-2)42(45)48-8-3/h13-26,39-40H,6-8,27-30H2,1-5H3,(H,43,44)/t39-,40-/m0/s1. The molecule has 0 aliphatic rings. The molecule has 0 amide bonds. The Labute approximate surface area is 296 Å². The molecule has 0 aromatic heterocycles. The van der Waals surface area contributed by atoms with Crippen molar-refractivity contribution in [2.45, 2.75) is 59.7 Å². The maximum Gasteiger partial charge on any atom is 0.335 e. The summed E-state index contributed by atoms with van der Waals surface area (Å²) in [5, 5.41) is 9.27. The van der Waals surface area contributed by atoms with E-state index in [0.29, 0.717) is 51.6 Å². The Kier molecular flexibility index (Phi) is 16.9. The van der Waals surface area contributed by atoms with Gasteiger partial charge in [0, 0.05) is 37.2 Å². The third-order valence-electron chi connectivity index (χ3n) is 7.22. The zero-order valence-electron chi connectivity index (χ0n) is 29.5. The van der Waals surface area contributed by atoms with Crippen LogP contribution in [0.4, 0.5) is 0 Å². The van der Waals surface area contributed by atoms with Crippen LogP contribution in [0.1, 0.15) is 56.9 Å². The quantitative estimate of drug-likeness (QED) is 0.121. The van der Waals surface area contributed by atoms with Gasteiger partial charge in [0.2, 0.25) is 0 Å². The molecule has 0 aliphatic heterocycles. The minimum Gasteiger partial charge on any atom is -0.490 e. The molecule has 0 heterocycles. The first-order chi connectivity index (χ1) is 24.2. The van der Waals surface area contributed by atoms with Crippen LogP contribution >= 0.6 is 0 Å². The van der Waals surface area contributed by atoms with Crippen molar-refractivity contribution >= 4 is 11.9 Å². The summed E-state index contributed by atoms with van der Waals surface area (Å²) in [6, 6.07) is 22.7. The third kappa shape index (κ3) is 14.5. The molecule has 0 saturated heterocycles. The number of carbonyl (C=O) groups excluding carboxylic acids is 1. The Morgan fingerprint density at radius 1 is 0.640 bits per heavy atom. The zero-order chi connectivity index (χ0) is 36.1. The van der Waals surface area contributed by atoms with E-state index in [4.69, 9.17) is 23.7 Å². The van der Waals surface area contributed by atoms with Crippen LogP contribution in [0.3, 0.4) is 0 Å². The molecular weight excluding hydrogens is 632 g/mol. The van der Waals surface area contributed by atoms with Gasteiger partial charge in [-0.1, -0.05) is 47.9 Å². The lowest BCUT2D eigenvalue weighted by molar-refractivity contribution is -0.156. The van der Waals surface area contributed by atoms with Gasteiger partial charge in [-0.05, 0) is 118 Å². The first-order valence-electron chi connectivity index (χ1n) is 16.7. The normalized spacial score (nSPS) is 12.4. The average Bonchev–Trinajstić information content (AvgIpc) is 3.11. The van der Waals surface area contributed by atoms with Crippen LogP contribution in [-0.2, 0) is 36.6 Å². The lowest BCUT2D eigenvalue weighted by Gasteiger charge is -2.15. The molecule has 1 N–H and O–H groups in total. The van der Waals surface area contributed by atoms with Crippen LogP contribution < -0.4 is 9.47 Å². The number of carboxylic acids is 1. The van der Waals surface area contributed by atoms with Gasteiger partial charge in [-0.3, -0.25) is 0 Å². The lowest BCUT2D eigenvalue weighted by Crippen LogP contribution is -2.28. The van der Waals surface area contributed by atoms with E-state index in [-0.39, 0.29) is 5.97 Å². The van der Waals surface area contributed by atoms with Crippen LogP contribution in [0, 0.1) is 23.7 Å². The Morgan fingerprint density at radius 3 is 1.46 bits per heavy atom. The Morgan fingerprint density at radius 2 is 1.06 bits per heavy atom. The predicted octanol–water partition coefficient (Wildman–Crippen LogP) is 6.98. The van der Waals surface area contributed by atoms with E-state index in [9.17, 15) is 14.7 Å². The highest BCUT2D eigenvalue weighted by Gasteiger charge is 2.20. The van der Waals surface area contributed by atoms with Gasteiger partial charge in [0.05, 0.1) is 6.61 Å². The van der Waals surface area contributed by atoms with Crippen molar-refractivity contribution in [3.8, 4) is 35.2 Å². The van der Waals surface area contributed by atoms with Crippen molar-refractivity contribution in [1.82, 2.24) is 0 Å². The number of carbonyl (C=O) groups is 2. The molecule has 0 aliphatic carbocycles. The molecule has 0 unspecified atom stereocenters. The zero-order valence-corrected chi connectivity index (χ0v) is 29.5. The maximum absolute atomic E-state index is 12.1. The second kappa shape index (κ2) is 21.6. The number of carboxylic acid groups (broad SMARTS) is 1. The molecule has 3 aromatic carbocycles. The SMILES string of the molecule is CCOC(=O)[C@H](Cc1ccc(OCC=C(C)C#Cc2ccc(C#CC(C)=CCOc3ccc(C[C@H](OCC)C(=O)O)cc3)cc2)cc1)OCC. The summed E-state index contributed by atoms with van der Waals surface area (Å²) in [5.74, 6) is 12.7. The largest absolute Gasteiger partial charge is 0.490 e. The van der Waals surface area contributed by atoms with E-state index in [1.807, 2.05) is 106 Å². The molecule has 0 fully saturated rings. The van der Waals surface area contributed by atoms with Crippen molar-refractivity contribution in [1.29, 1.82) is 0 Å². The molecule has 262 valence electrons. The second-order valence-corrected chi connectivity index (χ2v) is 11.1. The minimum atomic E-state index is -0.969. The molecular formula is C42H46O8. The summed E-state index contributed by atoms with van der Waals surface area (Å²) in [7, 11) is 0. The highest BCUT2D eigenvalue weighted by Crippen LogP contribution is 2.16. The summed E-state index contributed by atoms with van der Waals surface area (Å²) in [6.07, 6.45) is 3.11. The molecule has 2 atom stereocenters. The number of allylic oxidation sites excluding steroid dienone is 2. The van der Waals surface area contributed by atoms with Crippen LogP contribution in [0.15, 0.2) is 96.1 Å². The number of benzene rings is 3. The van der Waals surface area contributed by atoms with Gasteiger partial charge in [-0.15, -0.1) is 0 Å². The van der Waals surface area contributed by atoms with Crippen molar-refractivity contribution in [3.63, 3.8) is 0 Å². The van der Waals surface area contributed by atoms with Gasteiger partial charge in [-0.2, -0.15) is 0 Å². The van der Waals surface area contributed by atoms with E-state index in [0.717, 1.165) is 39.1 Å². The summed E-state index contributed by atoms with van der Waals surface area (Å²) in [5.41, 5.74) is 5.37. The monoisotopic (exact) mass is 678 g/mol. The lowest BCUT2D eigenvalue weighted by atomic mass is 10.1. The Balaban J connectivity index is 1.43. The number of rotatable bonds is 17. The van der Waals surface area contributed by atoms with Gasteiger partial charge in [0.1, 0.15) is 24.7 Å². The minimum absolute atomic E-state index is 0.300. The Hall–Kier alpha value is -5.28. The topological polar surface area (TPSA) is 101 Å². The van der Waals surface area contributed by atoms with Crippen molar-refractivity contribution in [3.05, 3.63) is 118 Å². The summed E-state index contributed by atoms with van der Waals surface area (Å²) >= 11 is 0. The van der Waals surface area contributed by atoms with Crippen LogP contribution in [0.5, 0.6) is 11.5 Å². The van der Waals surface area contributed by atoms with E-state index in [2.05, 4.69) is 23.7 Å². The second-order valence-electron chi connectivity index (χ2n) is 11.1. The predicted molar refractivity (Wildman–Crippen MR) is 194 cm³/mol. The highest BCUT2D eigenvalue weighted by atomic mass is 16.6. The van der Waals surface area contributed by atoms with Gasteiger partial charge in [0.25, 0.3) is 0 Å². The summed E-state index contributed by atoms with van der Waals surface area (Å²) < 4.78 is 27.6. The molecule has 0 bridgehead atoms. The van der Waals surface area contributed by atoms with E-state index >= 15 is 0 Å². The first kappa shape index (κ1) is 39.2. The smallest absolute Gasteiger partial charge is 0.335 e. The number of ether oxygens (including phenoxy) is 5. The highest BCUT2D eigenvalue weighted by molar-refractivity contribution is 5.75. The van der Waals surface area contributed by atoms with E-state index < -0.39 is 18.2 Å². The van der Waals surface area contributed by atoms with Crippen molar-refractivity contribution in [2.24, 2.45) is 0 Å². The first-order valence-corrected chi connectivity index (χ1v) is 16.7. The molecule has 0 spiro atoms. The molecule has 8 nitrogen and oxygen atoms in total. The van der Waals surface area contributed by atoms with Gasteiger partial charge >= 0.3 is 11.9 Å². The number of hydrogen-bond acceptors (Lipinski definition) is 7. The van der Waals surface area contributed by atoms with Crippen LogP contribution in [0.25, 0.3) is 0 Å². The van der Waals surface area contributed by atoms with Crippen LogP contribution in [0.2, 0.25) is 0 Å². The molecule has 50 heavy (non-hydrogen) atoms. The fourth-order valence-corrected chi connectivity index (χ4v) is 4.54. The average molecular weight is 679 g/mol. The fraction of sp³-hybridized carbons (Fsp3) is 0.333. The fourth-order valence-electron chi connectivity index (χ4n) is 4.54. The van der Waals surface area contributed by atoms with Gasteiger partial charge < -0.3 is 28.8 Å². The Bertz CT molecular complexity index is 1700. The van der Waals surface area contributed by atoms with Gasteiger partial charge in [-0.25, -0.2) is 9.59 Å². The molecule has 8 heteroatoms. The molecule has 3 aromatic rings. The van der Waals surface area contributed by atoms with Crippen molar-refractivity contribution < 1.29 is 38.4 Å². The number of hydrogen-bond donors (Lipinski definition) is 1. The summed E-state index contributed by atoms with van der Waals surface area (Å²) in [6.45, 7) is 11.1. The van der Waals surface area contributed by atoms with Gasteiger partial charge in [0.15, 0.2) is 12.2 Å². The number of aliphatic carboxylic acids is 1. The van der Waals surface area contributed by atoms with Crippen molar-refractivity contribution in [2.75, 3.05) is 33.0 Å². The maximum atomic E-state index is 12.1. The molecule has 0 radical (unpaired) electrons. The van der Waals surface area contributed by atoms with E-state index in [1.54, 1.807) is 13.8 Å². The molecule has 3 rings (SSSR count).